The van der Waals surface area contributed by atoms with Gasteiger partial charge in [-0.25, -0.2) is 0 Å². The Morgan fingerprint density at radius 2 is 1.86 bits per heavy atom. The van der Waals surface area contributed by atoms with Crippen LogP contribution in [0.5, 0.6) is 0 Å². The summed E-state index contributed by atoms with van der Waals surface area (Å²) >= 11 is 0. The van der Waals surface area contributed by atoms with Gasteiger partial charge in [0, 0.05) is 5.56 Å². The molecule has 1 aromatic rings. The Bertz CT molecular complexity index is 463. The maximum absolute atomic E-state index is 12.4. The van der Waals surface area contributed by atoms with Crippen molar-refractivity contribution in [3.63, 3.8) is 0 Å². The number of ether oxygens (including phenoxy) is 1. The lowest BCUT2D eigenvalue weighted by molar-refractivity contribution is -0.0287. The van der Waals surface area contributed by atoms with E-state index in [0.29, 0.717) is 5.92 Å². The lowest BCUT2D eigenvalue weighted by Gasteiger charge is -2.33. The minimum absolute atomic E-state index is 0.101. The van der Waals surface area contributed by atoms with Gasteiger partial charge in [-0.05, 0) is 50.0 Å². The molecule has 0 N–H and O–H groups in total. The van der Waals surface area contributed by atoms with E-state index in [0.717, 1.165) is 30.7 Å². The molecule has 1 aromatic carbocycles. The third-order valence-corrected chi connectivity index (χ3v) is 4.96. The molecule has 4 atom stereocenters. The van der Waals surface area contributed by atoms with Crippen LogP contribution in [0, 0.1) is 11.8 Å². The Morgan fingerprint density at radius 3 is 2.43 bits per heavy atom. The van der Waals surface area contributed by atoms with Gasteiger partial charge in [0.25, 0.3) is 0 Å². The summed E-state index contributed by atoms with van der Waals surface area (Å²) in [6.07, 6.45) is 4.26. The summed E-state index contributed by atoms with van der Waals surface area (Å²) in [6, 6.07) is 7.91. The largest absolute Gasteiger partial charge is 0.367 e. The van der Waals surface area contributed by atoms with Crippen LogP contribution < -0.4 is 0 Å². The van der Waals surface area contributed by atoms with E-state index < -0.39 is 0 Å². The summed E-state index contributed by atoms with van der Waals surface area (Å²) in [5.41, 5.74) is 2.02. The van der Waals surface area contributed by atoms with Gasteiger partial charge in [0.15, 0.2) is 5.78 Å². The van der Waals surface area contributed by atoms with Crippen molar-refractivity contribution >= 4 is 5.78 Å². The van der Waals surface area contributed by atoms with E-state index >= 15 is 0 Å². The van der Waals surface area contributed by atoms with Gasteiger partial charge < -0.3 is 4.74 Å². The average Bonchev–Trinajstić information content (AvgIpc) is 2.50. The fraction of sp³-hybridized carbons (Fsp3) is 0.632. The molecule has 1 aliphatic carbocycles. The minimum Gasteiger partial charge on any atom is -0.367 e. The van der Waals surface area contributed by atoms with Crippen LogP contribution in [0.4, 0.5) is 0 Å². The number of hydrogen-bond donors (Lipinski definition) is 0. The van der Waals surface area contributed by atoms with Crippen LogP contribution in [0.3, 0.4) is 0 Å². The van der Waals surface area contributed by atoms with Crippen molar-refractivity contribution in [2.45, 2.75) is 65.6 Å². The van der Waals surface area contributed by atoms with Crippen molar-refractivity contribution < 1.29 is 9.53 Å². The number of rotatable bonds is 5. The second-order valence-corrected chi connectivity index (χ2v) is 6.58. The maximum atomic E-state index is 12.4. The van der Waals surface area contributed by atoms with Gasteiger partial charge >= 0.3 is 0 Å². The van der Waals surface area contributed by atoms with Crippen LogP contribution >= 0.6 is 0 Å². The first-order valence-electron chi connectivity index (χ1n) is 8.29. The normalized spacial score (nSPS) is 27.3. The van der Waals surface area contributed by atoms with Gasteiger partial charge in [-0.2, -0.15) is 0 Å². The molecule has 116 valence electrons. The lowest BCUT2D eigenvalue weighted by Crippen LogP contribution is -2.32. The van der Waals surface area contributed by atoms with Crippen molar-refractivity contribution in [1.82, 2.24) is 0 Å². The first-order valence-corrected chi connectivity index (χ1v) is 8.29. The third-order valence-electron chi connectivity index (χ3n) is 4.96. The molecule has 0 spiro atoms. The Labute approximate surface area is 128 Å². The third kappa shape index (κ3) is 4.16. The van der Waals surface area contributed by atoms with Crippen molar-refractivity contribution in [1.29, 1.82) is 0 Å². The predicted octanol–water partition coefficient (Wildman–Crippen LogP) is 4.66. The van der Waals surface area contributed by atoms with E-state index in [-0.39, 0.29) is 18.0 Å². The maximum Gasteiger partial charge on any atom is 0.191 e. The topological polar surface area (TPSA) is 26.3 Å². The summed E-state index contributed by atoms with van der Waals surface area (Å²) in [5, 5.41) is 0. The van der Waals surface area contributed by atoms with Crippen LogP contribution in [-0.4, -0.2) is 18.0 Å². The minimum atomic E-state index is -0.344. The quantitative estimate of drug-likeness (QED) is 0.736. The zero-order chi connectivity index (χ0) is 15.4. The second-order valence-electron chi connectivity index (χ2n) is 6.58. The average molecular weight is 288 g/mol. The molecule has 0 amide bonds. The van der Waals surface area contributed by atoms with Crippen molar-refractivity contribution in [3.05, 3.63) is 35.4 Å². The van der Waals surface area contributed by atoms with Gasteiger partial charge in [0.05, 0.1) is 6.10 Å². The number of hydrogen-bond acceptors (Lipinski definition) is 2. The summed E-state index contributed by atoms with van der Waals surface area (Å²) in [6.45, 7) is 8.60. The number of carbonyl (C=O) groups is 1. The molecule has 1 saturated carbocycles. The molecule has 0 aliphatic heterocycles. The first kappa shape index (κ1) is 16.2. The van der Waals surface area contributed by atoms with Crippen LogP contribution in [0.2, 0.25) is 0 Å². The highest BCUT2D eigenvalue weighted by Crippen LogP contribution is 2.31. The van der Waals surface area contributed by atoms with Crippen LogP contribution in [0.15, 0.2) is 24.3 Å². The molecule has 1 aliphatic rings. The van der Waals surface area contributed by atoms with Gasteiger partial charge in [-0.3, -0.25) is 4.79 Å². The molecular weight excluding hydrogens is 260 g/mol. The first-order chi connectivity index (χ1) is 10.0. The molecule has 2 heteroatoms. The molecule has 2 nitrogen and oxygen atoms in total. The molecule has 2 rings (SSSR count). The van der Waals surface area contributed by atoms with E-state index in [1.807, 2.05) is 31.2 Å². The van der Waals surface area contributed by atoms with E-state index in [4.69, 9.17) is 4.74 Å². The fourth-order valence-corrected chi connectivity index (χ4v) is 3.11. The van der Waals surface area contributed by atoms with Crippen molar-refractivity contribution in [2.24, 2.45) is 11.8 Å². The predicted molar refractivity (Wildman–Crippen MR) is 86.7 cm³/mol. The Morgan fingerprint density at radius 1 is 1.19 bits per heavy atom. The van der Waals surface area contributed by atoms with E-state index in [1.165, 1.54) is 12.0 Å². The standard InChI is InChI=1S/C19H28O2/c1-5-16-7-9-17(10-8-16)19(20)15(4)21-18-11-6-13(2)14(3)12-18/h7-10,13-15,18H,5-6,11-12H2,1-4H3. The summed E-state index contributed by atoms with van der Waals surface area (Å²) in [5.74, 6) is 1.57. The monoisotopic (exact) mass is 288 g/mol. The number of benzene rings is 1. The number of ketones is 1. The van der Waals surface area contributed by atoms with E-state index in [9.17, 15) is 4.79 Å². The highest BCUT2D eigenvalue weighted by Gasteiger charge is 2.28. The SMILES string of the molecule is CCc1ccc(C(=O)C(C)OC2CCC(C)C(C)C2)cc1. The number of carbonyl (C=O) groups excluding carboxylic acids is 1. The molecule has 1 fully saturated rings. The van der Waals surface area contributed by atoms with Crippen LogP contribution in [0.25, 0.3) is 0 Å². The molecule has 0 saturated heterocycles. The summed E-state index contributed by atoms with van der Waals surface area (Å²) in [7, 11) is 0. The van der Waals surface area contributed by atoms with E-state index in [2.05, 4.69) is 20.8 Å². The number of Topliss-reactive ketones (excluding diaryl/α,β-unsaturated/α-hetero) is 1. The van der Waals surface area contributed by atoms with Crippen LogP contribution in [-0.2, 0) is 11.2 Å². The van der Waals surface area contributed by atoms with Crippen molar-refractivity contribution in [3.8, 4) is 0 Å². The van der Waals surface area contributed by atoms with Crippen molar-refractivity contribution in [2.75, 3.05) is 0 Å². The zero-order valence-electron chi connectivity index (χ0n) is 13.8. The molecule has 21 heavy (non-hydrogen) atoms. The van der Waals surface area contributed by atoms with E-state index in [1.54, 1.807) is 0 Å². The highest BCUT2D eigenvalue weighted by atomic mass is 16.5. The molecular formula is C19H28O2. The summed E-state index contributed by atoms with van der Waals surface area (Å²) < 4.78 is 6.03. The smallest absolute Gasteiger partial charge is 0.191 e. The van der Waals surface area contributed by atoms with Gasteiger partial charge in [0.1, 0.15) is 6.10 Å². The second kappa shape index (κ2) is 7.22. The Balaban J connectivity index is 1.92. The van der Waals surface area contributed by atoms with Gasteiger partial charge in [-0.15, -0.1) is 0 Å². The zero-order valence-corrected chi connectivity index (χ0v) is 13.8. The lowest BCUT2D eigenvalue weighted by atomic mass is 9.80. The Kier molecular flexibility index (Phi) is 5.58. The van der Waals surface area contributed by atoms with Gasteiger partial charge in [-0.1, -0.05) is 45.0 Å². The Hall–Kier alpha value is -1.15. The fourth-order valence-electron chi connectivity index (χ4n) is 3.11. The number of aryl methyl sites for hydroxylation is 1. The molecule has 0 heterocycles. The molecule has 0 bridgehead atoms. The molecule has 0 aromatic heterocycles. The molecule has 0 radical (unpaired) electrons. The highest BCUT2D eigenvalue weighted by molar-refractivity contribution is 5.99. The van der Waals surface area contributed by atoms with Gasteiger partial charge in [0.2, 0.25) is 0 Å². The summed E-state index contributed by atoms with van der Waals surface area (Å²) in [4.78, 5) is 12.4. The molecule has 4 unspecified atom stereocenters. The van der Waals surface area contributed by atoms with Crippen LogP contribution in [0.1, 0.15) is 62.9 Å².